The van der Waals surface area contributed by atoms with Crippen LogP contribution >= 0.6 is 0 Å². The minimum Gasteiger partial charge on any atom is -0.326 e. The number of carbonyl (C=O) groups excluding carboxylic acids is 1. The molecule has 1 aromatic carbocycles. The van der Waals surface area contributed by atoms with E-state index in [1.807, 2.05) is 24.3 Å². The summed E-state index contributed by atoms with van der Waals surface area (Å²) in [5, 5.41) is 6.16. The van der Waals surface area contributed by atoms with Gasteiger partial charge in [0.2, 0.25) is 5.91 Å². The molecule has 3 heteroatoms. The molecule has 3 nitrogen and oxygen atoms in total. The van der Waals surface area contributed by atoms with Crippen molar-refractivity contribution in [2.24, 2.45) is 5.92 Å². The fourth-order valence-corrected chi connectivity index (χ4v) is 1.64. The van der Waals surface area contributed by atoms with Gasteiger partial charge in [-0.1, -0.05) is 32.9 Å². The Morgan fingerprint density at radius 3 is 2.44 bits per heavy atom. The van der Waals surface area contributed by atoms with E-state index >= 15 is 0 Å². The van der Waals surface area contributed by atoms with Crippen molar-refractivity contribution in [1.82, 2.24) is 5.32 Å². The number of hydrogen-bond acceptors (Lipinski definition) is 2. The summed E-state index contributed by atoms with van der Waals surface area (Å²) in [6.45, 7) is 8.12. The maximum atomic E-state index is 11.7. The minimum atomic E-state index is 0.0653. The summed E-state index contributed by atoms with van der Waals surface area (Å²) < 4.78 is 0. The molecule has 100 valence electrons. The van der Waals surface area contributed by atoms with Crippen LogP contribution in [0.1, 0.15) is 32.8 Å². The van der Waals surface area contributed by atoms with Gasteiger partial charge in [-0.3, -0.25) is 4.79 Å². The lowest BCUT2D eigenvalue weighted by molar-refractivity contribution is -0.116. The summed E-state index contributed by atoms with van der Waals surface area (Å²) >= 11 is 0. The van der Waals surface area contributed by atoms with Crippen LogP contribution in [-0.2, 0) is 11.2 Å². The number of hydrogen-bond donors (Lipinski definition) is 2. The van der Waals surface area contributed by atoms with Gasteiger partial charge < -0.3 is 10.6 Å². The van der Waals surface area contributed by atoms with Gasteiger partial charge in [0.15, 0.2) is 0 Å². The number of nitrogens with one attached hydrogen (secondary N) is 2. The molecular formula is C15H24N2O. The normalized spacial score (nSPS) is 10.7. The van der Waals surface area contributed by atoms with Gasteiger partial charge >= 0.3 is 0 Å². The molecule has 0 atom stereocenters. The topological polar surface area (TPSA) is 41.1 Å². The third kappa shape index (κ3) is 5.82. The molecule has 0 saturated heterocycles. The van der Waals surface area contributed by atoms with Crippen LogP contribution in [-0.4, -0.2) is 19.0 Å². The van der Waals surface area contributed by atoms with E-state index in [0.717, 1.165) is 25.2 Å². The Morgan fingerprint density at radius 2 is 1.89 bits per heavy atom. The first-order valence-corrected chi connectivity index (χ1v) is 6.71. The molecule has 0 aliphatic heterocycles. The van der Waals surface area contributed by atoms with E-state index in [1.54, 1.807) is 0 Å². The second kappa shape index (κ2) is 7.88. The second-order valence-electron chi connectivity index (χ2n) is 4.95. The highest BCUT2D eigenvalue weighted by atomic mass is 16.1. The van der Waals surface area contributed by atoms with Crippen LogP contribution in [0.5, 0.6) is 0 Å². The van der Waals surface area contributed by atoms with Gasteiger partial charge in [-0.05, 0) is 36.6 Å². The summed E-state index contributed by atoms with van der Waals surface area (Å²) in [4.78, 5) is 11.7. The fourth-order valence-electron chi connectivity index (χ4n) is 1.64. The van der Waals surface area contributed by atoms with Crippen molar-refractivity contribution in [3.05, 3.63) is 29.8 Å². The van der Waals surface area contributed by atoms with Gasteiger partial charge in [0, 0.05) is 18.7 Å². The third-order valence-corrected chi connectivity index (χ3v) is 2.73. The second-order valence-corrected chi connectivity index (χ2v) is 4.95. The van der Waals surface area contributed by atoms with E-state index in [4.69, 9.17) is 0 Å². The Hall–Kier alpha value is -1.35. The Morgan fingerprint density at radius 1 is 1.22 bits per heavy atom. The molecule has 0 saturated carbocycles. The lowest BCUT2D eigenvalue weighted by atomic mass is 10.1. The van der Waals surface area contributed by atoms with Crippen LogP contribution in [0.2, 0.25) is 0 Å². The largest absolute Gasteiger partial charge is 0.326 e. The molecule has 0 bridgehead atoms. The van der Waals surface area contributed by atoms with Crippen LogP contribution in [0.4, 0.5) is 5.69 Å². The van der Waals surface area contributed by atoms with Crippen molar-refractivity contribution >= 4 is 11.6 Å². The van der Waals surface area contributed by atoms with Crippen molar-refractivity contribution < 1.29 is 4.79 Å². The summed E-state index contributed by atoms with van der Waals surface area (Å²) in [7, 11) is 0. The Kier molecular flexibility index (Phi) is 6.44. The SMILES string of the molecule is CCc1ccc(NC(=O)CCNCC(C)C)cc1. The third-order valence-electron chi connectivity index (χ3n) is 2.73. The molecule has 2 N–H and O–H groups in total. The zero-order valence-electron chi connectivity index (χ0n) is 11.6. The monoisotopic (exact) mass is 248 g/mol. The molecule has 1 aromatic rings. The highest BCUT2D eigenvalue weighted by molar-refractivity contribution is 5.90. The Labute approximate surface area is 110 Å². The van der Waals surface area contributed by atoms with Crippen LogP contribution in [0.25, 0.3) is 0 Å². The molecule has 0 heterocycles. The molecule has 0 fully saturated rings. The van der Waals surface area contributed by atoms with Gasteiger partial charge in [0.05, 0.1) is 0 Å². The first kappa shape index (κ1) is 14.7. The number of anilines is 1. The number of aryl methyl sites for hydroxylation is 1. The summed E-state index contributed by atoms with van der Waals surface area (Å²) in [6.07, 6.45) is 1.54. The molecule has 1 rings (SSSR count). The van der Waals surface area contributed by atoms with Gasteiger partial charge in [0.25, 0.3) is 0 Å². The number of benzene rings is 1. The quantitative estimate of drug-likeness (QED) is 0.729. The first-order valence-electron chi connectivity index (χ1n) is 6.71. The maximum Gasteiger partial charge on any atom is 0.225 e. The highest BCUT2D eigenvalue weighted by Crippen LogP contribution is 2.10. The zero-order chi connectivity index (χ0) is 13.4. The van der Waals surface area contributed by atoms with Crippen molar-refractivity contribution in [2.75, 3.05) is 18.4 Å². The van der Waals surface area contributed by atoms with Gasteiger partial charge in [0.1, 0.15) is 0 Å². The Balaban J connectivity index is 2.26. The molecule has 1 amide bonds. The van der Waals surface area contributed by atoms with Crippen molar-refractivity contribution in [1.29, 1.82) is 0 Å². The molecule has 0 radical (unpaired) electrons. The van der Waals surface area contributed by atoms with Crippen LogP contribution in [0, 0.1) is 5.92 Å². The van der Waals surface area contributed by atoms with E-state index in [1.165, 1.54) is 5.56 Å². The van der Waals surface area contributed by atoms with E-state index in [2.05, 4.69) is 31.4 Å². The molecule has 0 spiro atoms. The number of carbonyl (C=O) groups is 1. The predicted molar refractivity (Wildman–Crippen MR) is 76.8 cm³/mol. The van der Waals surface area contributed by atoms with Crippen molar-refractivity contribution in [3.63, 3.8) is 0 Å². The molecule has 0 aliphatic rings. The lowest BCUT2D eigenvalue weighted by Crippen LogP contribution is -2.24. The average molecular weight is 248 g/mol. The smallest absolute Gasteiger partial charge is 0.225 e. The minimum absolute atomic E-state index is 0.0653. The van der Waals surface area contributed by atoms with Crippen LogP contribution in [0.3, 0.4) is 0 Å². The first-order chi connectivity index (χ1) is 8.61. The fraction of sp³-hybridized carbons (Fsp3) is 0.533. The van der Waals surface area contributed by atoms with E-state index in [-0.39, 0.29) is 5.91 Å². The van der Waals surface area contributed by atoms with Gasteiger partial charge in [-0.2, -0.15) is 0 Å². The van der Waals surface area contributed by atoms with Crippen molar-refractivity contribution in [2.45, 2.75) is 33.6 Å². The molecule has 0 unspecified atom stereocenters. The Bertz CT molecular complexity index is 357. The summed E-state index contributed by atoms with van der Waals surface area (Å²) in [5.74, 6) is 0.685. The standard InChI is InChI=1S/C15H24N2O/c1-4-13-5-7-14(8-6-13)17-15(18)9-10-16-11-12(2)3/h5-8,12,16H,4,9-11H2,1-3H3,(H,17,18). The average Bonchev–Trinajstić information content (AvgIpc) is 2.35. The number of amides is 1. The molecule has 0 aromatic heterocycles. The highest BCUT2D eigenvalue weighted by Gasteiger charge is 2.02. The van der Waals surface area contributed by atoms with Gasteiger partial charge in [-0.25, -0.2) is 0 Å². The van der Waals surface area contributed by atoms with E-state index < -0.39 is 0 Å². The van der Waals surface area contributed by atoms with Crippen LogP contribution in [0.15, 0.2) is 24.3 Å². The zero-order valence-corrected chi connectivity index (χ0v) is 11.6. The van der Waals surface area contributed by atoms with Crippen molar-refractivity contribution in [3.8, 4) is 0 Å². The molecule has 18 heavy (non-hydrogen) atoms. The summed E-state index contributed by atoms with van der Waals surface area (Å²) in [5.41, 5.74) is 2.16. The predicted octanol–water partition coefficient (Wildman–Crippen LogP) is 2.82. The molecule has 0 aliphatic carbocycles. The lowest BCUT2D eigenvalue weighted by Gasteiger charge is -2.08. The molecular weight excluding hydrogens is 224 g/mol. The van der Waals surface area contributed by atoms with E-state index in [9.17, 15) is 4.79 Å². The van der Waals surface area contributed by atoms with Crippen LogP contribution < -0.4 is 10.6 Å². The maximum absolute atomic E-state index is 11.7. The number of rotatable bonds is 7. The van der Waals surface area contributed by atoms with E-state index in [0.29, 0.717) is 12.3 Å². The summed E-state index contributed by atoms with van der Waals surface area (Å²) in [6, 6.07) is 8.01. The van der Waals surface area contributed by atoms with Gasteiger partial charge in [-0.15, -0.1) is 0 Å².